The molecule has 0 unspecified atom stereocenters. The van der Waals surface area contributed by atoms with E-state index in [1.54, 1.807) is 54.6 Å². The van der Waals surface area contributed by atoms with Crippen molar-refractivity contribution >= 4 is 33.1 Å². The predicted octanol–water partition coefficient (Wildman–Crippen LogP) is 6.98. The molecule has 0 spiro atoms. The monoisotopic (exact) mass is 510 g/mol. The van der Waals surface area contributed by atoms with Crippen LogP contribution in [-0.2, 0) is 0 Å². The summed E-state index contributed by atoms with van der Waals surface area (Å²) in [6.45, 7) is 3.63. The first kappa shape index (κ1) is 24.2. The highest BCUT2D eigenvalue weighted by Crippen LogP contribution is 2.57. The molecule has 0 bridgehead atoms. The third-order valence-corrected chi connectivity index (χ3v) is 6.51. The van der Waals surface area contributed by atoms with Gasteiger partial charge in [0.05, 0.1) is 0 Å². The van der Waals surface area contributed by atoms with Crippen LogP contribution >= 0.6 is 0 Å². The van der Waals surface area contributed by atoms with Gasteiger partial charge >= 0.3 is 5.95 Å². The Morgan fingerprint density at radius 1 is 0.553 bits per heavy atom. The molecule has 8 nitrogen and oxygen atoms in total. The number of fused-ring (bicyclic) bond motifs is 2. The molecule has 5 aromatic carbocycles. The van der Waals surface area contributed by atoms with Gasteiger partial charge in [-0.25, -0.2) is 0 Å². The van der Waals surface area contributed by atoms with E-state index in [4.69, 9.17) is 0 Å². The van der Waals surface area contributed by atoms with Crippen LogP contribution in [0.25, 0.3) is 55.3 Å². The second kappa shape index (κ2) is 8.86. The number of rotatable bonds is 4. The van der Waals surface area contributed by atoms with Crippen molar-refractivity contribution in [3.63, 3.8) is 0 Å². The van der Waals surface area contributed by atoms with Gasteiger partial charge in [-0.15, -0.1) is 0 Å². The quantitative estimate of drug-likeness (QED) is 0.0729. The van der Waals surface area contributed by atoms with Crippen LogP contribution in [-0.4, -0.2) is 40.9 Å². The first-order valence-corrected chi connectivity index (χ1v) is 11.4. The summed E-state index contributed by atoms with van der Waals surface area (Å²) < 4.78 is 0. The zero-order valence-corrected chi connectivity index (χ0v) is 19.7. The normalized spacial score (nSPS) is 11.1. The highest BCUT2D eigenvalue weighted by molar-refractivity contribution is 6.20. The van der Waals surface area contributed by atoms with Gasteiger partial charge in [-0.3, -0.25) is 0 Å². The fraction of sp³-hybridized carbons (Fsp3) is 0. The molecule has 0 saturated heterocycles. The molecule has 0 amide bonds. The number of phenolic OH excluding ortho intramolecular Hbond substituents is 4. The van der Waals surface area contributed by atoms with Crippen LogP contribution in [0.1, 0.15) is 11.1 Å². The molecule has 0 fully saturated rings. The zero-order valence-electron chi connectivity index (χ0n) is 19.7. The van der Waals surface area contributed by atoms with Crippen molar-refractivity contribution < 1.29 is 40.9 Å². The lowest BCUT2D eigenvalue weighted by molar-refractivity contribution is 0.181. The average molecular weight is 510 g/mol. The summed E-state index contributed by atoms with van der Waals surface area (Å²) in [4.78, 5) is 0. The van der Waals surface area contributed by atoms with Crippen molar-refractivity contribution in [2.75, 3.05) is 0 Å². The van der Waals surface area contributed by atoms with E-state index in [1.165, 1.54) is 0 Å². The topological polar surface area (TPSA) is 162 Å². The van der Waals surface area contributed by atoms with E-state index in [1.807, 2.05) is 18.2 Å². The van der Waals surface area contributed by atoms with Gasteiger partial charge in [0.2, 0.25) is 17.3 Å². The van der Waals surface area contributed by atoms with Gasteiger partial charge in [0, 0.05) is 33.0 Å². The lowest BCUT2D eigenvalue weighted by Crippen LogP contribution is -2.04. The summed E-state index contributed by atoms with van der Waals surface area (Å²) in [5.41, 5.74) is 0.0200. The Morgan fingerprint density at radius 3 is 1.71 bits per heavy atom. The van der Waals surface area contributed by atoms with E-state index >= 15 is 0 Å². The number of aliphatic hydroxyl groups excluding tert-OH is 3. The number of hydrogen-bond acceptors (Lipinski definition) is 8. The summed E-state index contributed by atoms with van der Waals surface area (Å²) in [5.74, 6) is -6.89. The van der Waals surface area contributed by atoms with E-state index in [9.17, 15) is 40.9 Å². The Morgan fingerprint density at radius 2 is 1.11 bits per heavy atom. The molecule has 8 N–H and O–H groups in total. The molecule has 0 heterocycles. The molecule has 0 saturated carbocycles. The van der Waals surface area contributed by atoms with Crippen molar-refractivity contribution in [2.24, 2.45) is 0 Å². The molecule has 0 aromatic heterocycles. The lowest BCUT2D eigenvalue weighted by Gasteiger charge is -2.24. The van der Waals surface area contributed by atoms with Crippen LogP contribution < -0.4 is 0 Å². The molecular weight excluding hydrogens is 488 g/mol. The lowest BCUT2D eigenvalue weighted by atomic mass is 9.80. The third kappa shape index (κ3) is 3.47. The Hall–Kier alpha value is -5.50. The molecule has 38 heavy (non-hydrogen) atoms. The molecule has 0 radical (unpaired) electrons. The fourth-order valence-corrected chi connectivity index (χ4v) is 4.93. The van der Waals surface area contributed by atoms with E-state index in [-0.39, 0.29) is 33.0 Å². The second-order valence-electron chi connectivity index (χ2n) is 8.66. The first-order valence-electron chi connectivity index (χ1n) is 11.4. The third-order valence-electron chi connectivity index (χ3n) is 6.51. The molecule has 8 heteroatoms. The van der Waals surface area contributed by atoms with E-state index in [0.29, 0.717) is 16.5 Å². The maximum absolute atomic E-state index is 11.2. The Balaban J connectivity index is 2.22. The molecule has 5 aromatic rings. The molecule has 5 rings (SSSR count). The van der Waals surface area contributed by atoms with Gasteiger partial charge in [0.15, 0.2) is 11.5 Å². The summed E-state index contributed by atoms with van der Waals surface area (Å²) in [7, 11) is 0. The maximum Gasteiger partial charge on any atom is 0.318 e. The summed E-state index contributed by atoms with van der Waals surface area (Å²) >= 11 is 0. The largest absolute Gasteiger partial charge is 0.508 e. The minimum atomic E-state index is -1.49. The first-order chi connectivity index (χ1) is 18.1. The predicted molar refractivity (Wildman–Crippen MR) is 145 cm³/mol. The fourth-order valence-electron chi connectivity index (χ4n) is 4.93. The molecular formula is C30H22O8. The van der Waals surface area contributed by atoms with Crippen molar-refractivity contribution in [1.29, 1.82) is 0 Å². The van der Waals surface area contributed by atoms with Crippen LogP contribution in [0.15, 0.2) is 85.3 Å². The van der Waals surface area contributed by atoms with Gasteiger partial charge in [-0.1, -0.05) is 79.4 Å². The SMILES string of the molecule is C=C(O)c1c(C(O)=C(O)O)c(-c2ccccc2)c2c(O)c(O)c(O)c(O)c2c1-c1cccc2ccccc12. The van der Waals surface area contributed by atoms with Crippen LogP contribution in [0.3, 0.4) is 0 Å². The number of benzene rings is 5. The number of aliphatic hydroxyl groups is 4. The van der Waals surface area contributed by atoms with E-state index in [0.717, 1.165) is 5.39 Å². The Labute approximate surface area is 215 Å². The number of hydrogen-bond donors (Lipinski definition) is 8. The molecule has 0 atom stereocenters. The summed E-state index contributed by atoms with van der Waals surface area (Å²) in [6, 6.07) is 20.4. The average Bonchev–Trinajstić information content (AvgIpc) is 2.93. The highest BCUT2D eigenvalue weighted by Gasteiger charge is 2.33. The molecule has 0 aliphatic rings. The summed E-state index contributed by atoms with van der Waals surface area (Å²) in [6.07, 6.45) is 0. The van der Waals surface area contributed by atoms with Crippen molar-refractivity contribution in [1.82, 2.24) is 0 Å². The van der Waals surface area contributed by atoms with Gasteiger partial charge in [-0.05, 0) is 21.9 Å². The zero-order chi connectivity index (χ0) is 27.3. The Kier molecular flexibility index (Phi) is 5.65. The highest BCUT2D eigenvalue weighted by atomic mass is 16.5. The van der Waals surface area contributed by atoms with Gasteiger partial charge in [0.1, 0.15) is 5.76 Å². The minimum Gasteiger partial charge on any atom is -0.508 e. The van der Waals surface area contributed by atoms with Crippen molar-refractivity contribution in [3.05, 3.63) is 96.4 Å². The smallest absolute Gasteiger partial charge is 0.318 e. The molecule has 0 aliphatic carbocycles. The molecule has 0 aliphatic heterocycles. The van der Waals surface area contributed by atoms with Gasteiger partial charge in [0.25, 0.3) is 0 Å². The van der Waals surface area contributed by atoms with E-state index in [2.05, 4.69) is 6.58 Å². The van der Waals surface area contributed by atoms with Gasteiger partial charge in [-0.2, -0.15) is 0 Å². The standard InChI is InChI=1S/C30H22O8/c1-14(31)19-21(18-13-7-11-15-8-5-6-12-17(15)18)24-23(25(32)28(35)29(36)26(24)33)20(16-9-3-2-4-10-16)22(19)27(34)30(37)38/h2-13,31-38H,1H2. The van der Waals surface area contributed by atoms with Gasteiger partial charge < -0.3 is 40.9 Å². The van der Waals surface area contributed by atoms with Crippen LogP contribution in [0.4, 0.5) is 0 Å². The van der Waals surface area contributed by atoms with Crippen LogP contribution in [0.2, 0.25) is 0 Å². The second-order valence-corrected chi connectivity index (χ2v) is 8.66. The van der Waals surface area contributed by atoms with Crippen LogP contribution in [0, 0.1) is 0 Å². The maximum atomic E-state index is 11.2. The summed E-state index contributed by atoms with van der Waals surface area (Å²) in [5, 5.41) is 86.1. The van der Waals surface area contributed by atoms with Crippen molar-refractivity contribution in [2.45, 2.75) is 0 Å². The van der Waals surface area contributed by atoms with Crippen LogP contribution in [0.5, 0.6) is 23.0 Å². The van der Waals surface area contributed by atoms with Crippen molar-refractivity contribution in [3.8, 4) is 45.3 Å². The minimum absolute atomic E-state index is 0.00474. The number of phenols is 4. The Bertz CT molecular complexity index is 1790. The molecule has 190 valence electrons. The van der Waals surface area contributed by atoms with E-state index < -0.39 is 40.5 Å². The number of aromatic hydroxyl groups is 4.